The summed E-state index contributed by atoms with van der Waals surface area (Å²) in [5.41, 5.74) is 2.87. The molecular weight excluding hydrogens is 497 g/mol. The van der Waals surface area contributed by atoms with Gasteiger partial charge in [0.1, 0.15) is 11.6 Å². The van der Waals surface area contributed by atoms with Crippen LogP contribution in [-0.2, 0) is 38.7 Å². The SMILES string of the molecule is CCC(C)N1Cc2c(O)c3c(c(F)c2C1)C[C@H]1C[C@H]2[C@H](N(C)C)C(=O)C(C(N)=O)C(=O)[C@@]2(O)C(=O)C1C3=O. The van der Waals surface area contributed by atoms with Crippen molar-refractivity contribution in [3.63, 3.8) is 0 Å². The quantitative estimate of drug-likeness (QED) is 0.461. The highest BCUT2D eigenvalue weighted by atomic mass is 19.1. The molecule has 1 aliphatic heterocycles. The summed E-state index contributed by atoms with van der Waals surface area (Å²) >= 11 is 0. The predicted octanol–water partition coefficient (Wildman–Crippen LogP) is 0.120. The number of rotatable bonds is 4. The van der Waals surface area contributed by atoms with Gasteiger partial charge in [0.2, 0.25) is 5.91 Å². The number of Topliss-reactive ketones (excluding diaryl/α,β-unsaturated/α-hetero) is 4. The van der Waals surface area contributed by atoms with Gasteiger partial charge in [-0.2, -0.15) is 0 Å². The summed E-state index contributed by atoms with van der Waals surface area (Å²) in [7, 11) is 3.03. The minimum absolute atomic E-state index is 0.0154. The fourth-order valence-electron chi connectivity index (χ4n) is 7.17. The lowest BCUT2D eigenvalue weighted by Crippen LogP contribution is -2.74. The average Bonchev–Trinajstić information content (AvgIpc) is 3.30. The van der Waals surface area contributed by atoms with E-state index in [2.05, 4.69) is 0 Å². The van der Waals surface area contributed by atoms with Crippen LogP contribution in [0.1, 0.15) is 53.7 Å². The zero-order valence-electron chi connectivity index (χ0n) is 21.8. The Labute approximate surface area is 218 Å². The van der Waals surface area contributed by atoms with Gasteiger partial charge in [-0.15, -0.1) is 0 Å². The Hall–Kier alpha value is -3.02. The number of aromatic hydroxyl groups is 1. The normalized spacial score (nSPS) is 33.6. The van der Waals surface area contributed by atoms with Gasteiger partial charge in [0.25, 0.3) is 0 Å². The third-order valence-corrected chi connectivity index (χ3v) is 9.31. The fourth-order valence-corrected chi connectivity index (χ4v) is 7.17. The van der Waals surface area contributed by atoms with Gasteiger partial charge in [-0.1, -0.05) is 6.92 Å². The average molecular weight is 530 g/mol. The molecule has 0 aromatic heterocycles. The lowest BCUT2D eigenvalue weighted by atomic mass is 9.52. The number of hydrogen-bond donors (Lipinski definition) is 3. The van der Waals surface area contributed by atoms with Crippen molar-refractivity contribution in [2.24, 2.45) is 29.4 Å². The largest absolute Gasteiger partial charge is 0.507 e. The molecule has 1 amide bonds. The summed E-state index contributed by atoms with van der Waals surface area (Å²) in [6.45, 7) is 4.50. The molecule has 0 spiro atoms. The summed E-state index contributed by atoms with van der Waals surface area (Å²) in [5.74, 6) is -12.0. The van der Waals surface area contributed by atoms with Gasteiger partial charge >= 0.3 is 0 Å². The van der Waals surface area contributed by atoms with E-state index in [1.165, 1.54) is 19.0 Å². The second kappa shape index (κ2) is 8.75. The molecule has 38 heavy (non-hydrogen) atoms. The Kier molecular flexibility index (Phi) is 6.12. The summed E-state index contributed by atoms with van der Waals surface area (Å²) in [5, 5.41) is 22.8. The van der Waals surface area contributed by atoms with E-state index in [9.17, 15) is 34.2 Å². The fraction of sp³-hybridized carbons (Fsp3) is 0.593. The first-order chi connectivity index (χ1) is 17.8. The van der Waals surface area contributed by atoms with Crippen molar-refractivity contribution in [2.45, 2.75) is 63.9 Å². The molecule has 3 aliphatic carbocycles. The van der Waals surface area contributed by atoms with Crippen LogP contribution in [0.15, 0.2) is 0 Å². The first kappa shape index (κ1) is 26.6. The first-order valence-electron chi connectivity index (χ1n) is 12.9. The number of phenolic OH excluding ortho intramolecular Hbond substituents is 1. The molecule has 1 heterocycles. The van der Waals surface area contributed by atoms with Crippen LogP contribution in [0.25, 0.3) is 0 Å². The number of primary amides is 1. The lowest BCUT2D eigenvalue weighted by molar-refractivity contribution is -0.181. The van der Waals surface area contributed by atoms with E-state index >= 15 is 4.39 Å². The van der Waals surface area contributed by atoms with E-state index in [0.29, 0.717) is 11.1 Å². The van der Waals surface area contributed by atoms with Crippen LogP contribution in [0.3, 0.4) is 0 Å². The molecule has 4 N–H and O–H groups in total. The number of likely N-dealkylation sites (N-methyl/N-ethyl adjacent to an activating group) is 1. The van der Waals surface area contributed by atoms with Crippen LogP contribution in [0.2, 0.25) is 0 Å². The van der Waals surface area contributed by atoms with E-state index in [0.717, 1.165) is 6.42 Å². The number of hydrogen-bond acceptors (Lipinski definition) is 9. The van der Waals surface area contributed by atoms with Crippen LogP contribution in [0, 0.1) is 29.5 Å². The third-order valence-electron chi connectivity index (χ3n) is 9.31. The molecule has 0 radical (unpaired) electrons. The molecule has 7 atom stereocenters. The topological polar surface area (TPSA) is 158 Å². The minimum Gasteiger partial charge on any atom is -0.507 e. The molecule has 0 bridgehead atoms. The van der Waals surface area contributed by atoms with Crippen LogP contribution in [0.4, 0.5) is 4.39 Å². The molecule has 5 rings (SSSR count). The monoisotopic (exact) mass is 529 g/mol. The molecule has 4 aliphatic rings. The van der Waals surface area contributed by atoms with E-state index in [4.69, 9.17) is 5.73 Å². The maximum Gasteiger partial charge on any atom is 0.235 e. The maximum absolute atomic E-state index is 15.9. The van der Waals surface area contributed by atoms with E-state index in [-0.39, 0.29) is 48.8 Å². The Morgan fingerprint density at radius 3 is 2.37 bits per heavy atom. The Bertz CT molecular complexity index is 1310. The van der Waals surface area contributed by atoms with Gasteiger partial charge in [-0.25, -0.2) is 4.39 Å². The molecule has 0 saturated heterocycles. The number of fused-ring (bicyclic) bond motifs is 4. The summed E-state index contributed by atoms with van der Waals surface area (Å²) < 4.78 is 15.9. The Morgan fingerprint density at radius 1 is 1.16 bits per heavy atom. The number of benzene rings is 1. The zero-order chi connectivity index (χ0) is 28.0. The minimum atomic E-state index is -2.80. The standard InChI is InChI=1S/C27H32FN3O7/c1-5-10(2)31-8-13-14(9-31)21(32)17-12(19(13)28)6-11-7-15-20(30(3)4)23(34)18(26(29)37)25(36)27(15,38)24(35)16(11)22(17)33/h10-11,15-16,18,20,32,38H,5-9H2,1-4H3,(H2,29,37)/t10?,11-,15-,16?,18?,20-,27-/m0/s1. The summed E-state index contributed by atoms with van der Waals surface area (Å²) in [4.78, 5) is 69.5. The van der Waals surface area contributed by atoms with Crippen molar-refractivity contribution in [3.8, 4) is 5.75 Å². The zero-order valence-corrected chi connectivity index (χ0v) is 21.8. The molecule has 11 heteroatoms. The van der Waals surface area contributed by atoms with Gasteiger partial charge in [0.05, 0.1) is 17.5 Å². The number of amides is 1. The van der Waals surface area contributed by atoms with Crippen molar-refractivity contribution in [2.75, 3.05) is 14.1 Å². The van der Waals surface area contributed by atoms with Gasteiger partial charge in [-0.05, 0) is 46.2 Å². The molecule has 3 unspecified atom stereocenters. The van der Waals surface area contributed by atoms with Gasteiger partial charge in [0.15, 0.2) is 34.7 Å². The van der Waals surface area contributed by atoms with Crippen molar-refractivity contribution in [1.82, 2.24) is 9.80 Å². The smallest absolute Gasteiger partial charge is 0.235 e. The summed E-state index contributed by atoms with van der Waals surface area (Å²) in [6.07, 6.45) is 0.613. The number of halogens is 1. The highest BCUT2D eigenvalue weighted by Crippen LogP contribution is 2.52. The predicted molar refractivity (Wildman–Crippen MR) is 130 cm³/mol. The molecular formula is C27H32FN3O7. The van der Waals surface area contributed by atoms with Crippen LogP contribution in [-0.4, -0.2) is 80.8 Å². The van der Waals surface area contributed by atoms with Crippen LogP contribution in [0.5, 0.6) is 5.75 Å². The molecule has 1 aromatic carbocycles. The molecule has 2 saturated carbocycles. The van der Waals surface area contributed by atoms with Crippen LogP contribution >= 0.6 is 0 Å². The van der Waals surface area contributed by atoms with E-state index in [1.54, 1.807) is 0 Å². The van der Waals surface area contributed by atoms with Crippen LogP contribution < -0.4 is 5.73 Å². The summed E-state index contributed by atoms with van der Waals surface area (Å²) in [6, 6.07) is -1.08. The van der Waals surface area contributed by atoms with E-state index in [1.807, 2.05) is 18.7 Å². The number of nitrogens with zero attached hydrogens (tertiary/aromatic N) is 2. The number of ketones is 4. The van der Waals surface area contributed by atoms with Gasteiger partial charge in [0, 0.05) is 41.7 Å². The van der Waals surface area contributed by atoms with E-state index < -0.39 is 70.2 Å². The number of carbonyl (C=O) groups excluding carboxylic acids is 5. The van der Waals surface area contributed by atoms with Gasteiger partial charge in [-0.3, -0.25) is 33.8 Å². The Morgan fingerprint density at radius 2 is 1.79 bits per heavy atom. The van der Waals surface area contributed by atoms with Gasteiger partial charge < -0.3 is 15.9 Å². The molecule has 2 fully saturated rings. The number of phenols is 1. The second-order valence-electron chi connectivity index (χ2n) is 11.4. The number of aliphatic hydroxyl groups is 1. The van der Waals surface area contributed by atoms with Crippen molar-refractivity contribution < 1.29 is 38.6 Å². The maximum atomic E-state index is 15.9. The number of nitrogens with two attached hydrogens (primary N) is 1. The van der Waals surface area contributed by atoms with Crippen molar-refractivity contribution >= 4 is 29.0 Å². The third kappa shape index (κ3) is 3.31. The lowest BCUT2D eigenvalue weighted by Gasteiger charge is -2.52. The van der Waals surface area contributed by atoms with Crippen molar-refractivity contribution in [3.05, 3.63) is 28.1 Å². The Balaban J connectivity index is 1.62. The highest BCUT2D eigenvalue weighted by molar-refractivity contribution is 6.32. The number of carbonyl (C=O) groups is 5. The molecule has 10 nitrogen and oxygen atoms in total. The second-order valence-corrected chi connectivity index (χ2v) is 11.4. The molecule has 204 valence electrons. The first-order valence-corrected chi connectivity index (χ1v) is 12.9. The highest BCUT2D eigenvalue weighted by Gasteiger charge is 2.69. The van der Waals surface area contributed by atoms with Crippen molar-refractivity contribution in [1.29, 1.82) is 0 Å². The molecule has 1 aromatic rings.